The molecule has 0 saturated carbocycles. The van der Waals surface area contributed by atoms with Crippen molar-refractivity contribution in [3.8, 4) is 0 Å². The van der Waals surface area contributed by atoms with Gasteiger partial charge in [-0.05, 0) is 51.2 Å². The lowest BCUT2D eigenvalue weighted by molar-refractivity contribution is 0.0204. The van der Waals surface area contributed by atoms with Crippen molar-refractivity contribution in [2.45, 2.75) is 45.1 Å². The van der Waals surface area contributed by atoms with Gasteiger partial charge in [0.15, 0.2) is 0 Å². The highest BCUT2D eigenvalue weighted by atomic mass is 19.1. The zero-order valence-corrected chi connectivity index (χ0v) is 13.6. The number of rotatable bonds is 2. The van der Waals surface area contributed by atoms with Gasteiger partial charge in [0.2, 0.25) is 0 Å². The van der Waals surface area contributed by atoms with Gasteiger partial charge in [-0.2, -0.15) is 0 Å². The van der Waals surface area contributed by atoms with Crippen LogP contribution in [0.4, 0.5) is 9.18 Å². The van der Waals surface area contributed by atoms with Crippen LogP contribution in [0, 0.1) is 5.82 Å². The summed E-state index contributed by atoms with van der Waals surface area (Å²) in [4.78, 5) is 24.7. The van der Waals surface area contributed by atoms with Crippen molar-refractivity contribution in [3.63, 3.8) is 0 Å². The maximum Gasteiger partial charge on any atom is 0.410 e. The number of amides is 1. The van der Waals surface area contributed by atoms with Crippen molar-refractivity contribution in [2.24, 2.45) is 0 Å². The molecule has 0 spiro atoms. The summed E-state index contributed by atoms with van der Waals surface area (Å²) >= 11 is 0. The lowest BCUT2D eigenvalue weighted by atomic mass is 9.88. The average molecular weight is 323 g/mol. The SMILES string of the molecule is CC(C)(C)OC(=O)N1CCC(c2cccc(C(=O)O)c2F)CC1. The van der Waals surface area contributed by atoms with Crippen LogP contribution < -0.4 is 0 Å². The van der Waals surface area contributed by atoms with E-state index in [1.807, 2.05) is 20.8 Å². The number of ether oxygens (including phenoxy) is 1. The Balaban J connectivity index is 2.04. The predicted molar refractivity (Wildman–Crippen MR) is 83.1 cm³/mol. The number of nitrogens with zero attached hydrogens (tertiary/aromatic N) is 1. The number of benzene rings is 1. The number of aromatic carboxylic acids is 1. The van der Waals surface area contributed by atoms with Crippen molar-refractivity contribution < 1.29 is 23.8 Å². The van der Waals surface area contributed by atoms with Gasteiger partial charge >= 0.3 is 12.1 Å². The molecule has 1 amide bonds. The third kappa shape index (κ3) is 4.21. The molecule has 0 unspecified atom stereocenters. The smallest absolute Gasteiger partial charge is 0.410 e. The molecule has 1 aliphatic heterocycles. The van der Waals surface area contributed by atoms with E-state index in [0.29, 0.717) is 31.5 Å². The Morgan fingerprint density at radius 3 is 2.39 bits per heavy atom. The lowest BCUT2D eigenvalue weighted by Gasteiger charge is -2.33. The zero-order chi connectivity index (χ0) is 17.2. The van der Waals surface area contributed by atoms with E-state index >= 15 is 0 Å². The molecule has 6 heteroatoms. The molecular formula is C17H22FNO4. The second-order valence-electron chi connectivity index (χ2n) is 6.76. The van der Waals surface area contributed by atoms with Crippen LogP contribution in [-0.4, -0.2) is 40.8 Å². The van der Waals surface area contributed by atoms with Gasteiger partial charge < -0.3 is 14.7 Å². The summed E-state index contributed by atoms with van der Waals surface area (Å²) in [5.74, 6) is -2.03. The Morgan fingerprint density at radius 1 is 1.26 bits per heavy atom. The number of carboxylic acids is 1. The summed E-state index contributed by atoms with van der Waals surface area (Å²) in [5, 5.41) is 9.00. The van der Waals surface area contributed by atoms with Crippen LogP contribution in [-0.2, 0) is 4.74 Å². The Morgan fingerprint density at radius 2 is 1.87 bits per heavy atom. The third-order valence-electron chi connectivity index (χ3n) is 3.85. The second kappa shape index (κ2) is 6.56. The standard InChI is InChI=1S/C17H22FNO4/c1-17(2,3)23-16(22)19-9-7-11(8-10-19)12-5-4-6-13(14(12)18)15(20)21/h4-6,11H,7-10H2,1-3H3,(H,20,21). The highest BCUT2D eigenvalue weighted by molar-refractivity contribution is 5.88. The summed E-state index contributed by atoms with van der Waals surface area (Å²) in [6.45, 7) is 6.37. The van der Waals surface area contributed by atoms with Gasteiger partial charge in [0.05, 0.1) is 5.56 Å². The van der Waals surface area contributed by atoms with E-state index in [-0.39, 0.29) is 17.6 Å². The van der Waals surface area contributed by atoms with Crippen LogP contribution in [0.1, 0.15) is 55.5 Å². The maximum atomic E-state index is 14.3. The van der Waals surface area contributed by atoms with Gasteiger partial charge in [-0.25, -0.2) is 14.0 Å². The molecule has 0 radical (unpaired) electrons. The highest BCUT2D eigenvalue weighted by Crippen LogP contribution is 2.31. The van der Waals surface area contributed by atoms with Crippen LogP contribution in [0.25, 0.3) is 0 Å². The molecule has 1 N–H and O–H groups in total. The molecule has 1 aliphatic rings. The Kier molecular flexibility index (Phi) is 4.92. The largest absolute Gasteiger partial charge is 0.478 e. The van der Waals surface area contributed by atoms with Gasteiger partial charge in [0.1, 0.15) is 11.4 Å². The van der Waals surface area contributed by atoms with Gasteiger partial charge in [0, 0.05) is 13.1 Å². The maximum absolute atomic E-state index is 14.3. The third-order valence-corrected chi connectivity index (χ3v) is 3.85. The number of hydrogen-bond donors (Lipinski definition) is 1. The molecule has 126 valence electrons. The summed E-state index contributed by atoms with van der Waals surface area (Å²) in [6.07, 6.45) is 0.800. The molecule has 0 aliphatic carbocycles. The number of carbonyl (C=O) groups is 2. The molecule has 2 rings (SSSR count). The van der Waals surface area contributed by atoms with Crippen LogP contribution in [0.5, 0.6) is 0 Å². The van der Waals surface area contributed by atoms with Crippen LogP contribution in [0.3, 0.4) is 0 Å². The lowest BCUT2D eigenvalue weighted by Crippen LogP contribution is -2.41. The van der Waals surface area contributed by atoms with Crippen molar-refractivity contribution in [3.05, 3.63) is 35.1 Å². The van der Waals surface area contributed by atoms with Crippen molar-refractivity contribution >= 4 is 12.1 Å². The molecule has 23 heavy (non-hydrogen) atoms. The van der Waals surface area contributed by atoms with E-state index in [0.717, 1.165) is 0 Å². The first-order chi connectivity index (χ1) is 10.7. The molecule has 1 aromatic rings. The summed E-state index contributed by atoms with van der Waals surface area (Å²) in [7, 11) is 0. The summed E-state index contributed by atoms with van der Waals surface area (Å²) in [6, 6.07) is 4.44. The molecule has 0 bridgehead atoms. The molecule has 1 fully saturated rings. The predicted octanol–water partition coefficient (Wildman–Crippen LogP) is 3.64. The van der Waals surface area contributed by atoms with E-state index in [4.69, 9.17) is 9.84 Å². The number of likely N-dealkylation sites (tertiary alicyclic amines) is 1. The zero-order valence-electron chi connectivity index (χ0n) is 13.6. The number of carbonyl (C=O) groups excluding carboxylic acids is 1. The summed E-state index contributed by atoms with van der Waals surface area (Å²) < 4.78 is 19.6. The summed E-state index contributed by atoms with van der Waals surface area (Å²) in [5.41, 5.74) is -0.443. The Bertz CT molecular complexity index is 601. The Labute approximate surface area is 135 Å². The fourth-order valence-corrected chi connectivity index (χ4v) is 2.73. The number of hydrogen-bond acceptors (Lipinski definition) is 3. The van der Waals surface area contributed by atoms with E-state index in [2.05, 4.69) is 0 Å². The van der Waals surface area contributed by atoms with Gasteiger partial charge in [0.25, 0.3) is 0 Å². The minimum Gasteiger partial charge on any atom is -0.478 e. The van der Waals surface area contributed by atoms with Crippen LogP contribution in [0.2, 0.25) is 0 Å². The van der Waals surface area contributed by atoms with Crippen molar-refractivity contribution in [1.82, 2.24) is 4.90 Å². The number of piperidine rings is 1. The first-order valence-electron chi connectivity index (χ1n) is 7.68. The van der Waals surface area contributed by atoms with Gasteiger partial charge in [-0.15, -0.1) is 0 Å². The van der Waals surface area contributed by atoms with Crippen molar-refractivity contribution in [2.75, 3.05) is 13.1 Å². The fourth-order valence-electron chi connectivity index (χ4n) is 2.73. The van der Waals surface area contributed by atoms with E-state index in [1.54, 1.807) is 17.0 Å². The molecular weight excluding hydrogens is 301 g/mol. The second-order valence-corrected chi connectivity index (χ2v) is 6.76. The number of carboxylic acid groups (broad SMARTS) is 1. The molecule has 1 heterocycles. The minimum atomic E-state index is -1.27. The molecule has 5 nitrogen and oxygen atoms in total. The molecule has 0 aromatic heterocycles. The molecule has 1 saturated heterocycles. The Hall–Kier alpha value is -2.11. The monoisotopic (exact) mass is 323 g/mol. The topological polar surface area (TPSA) is 66.8 Å². The van der Waals surface area contributed by atoms with Crippen LogP contribution >= 0.6 is 0 Å². The number of halogens is 1. The highest BCUT2D eigenvalue weighted by Gasteiger charge is 2.29. The van der Waals surface area contributed by atoms with Gasteiger partial charge in [-0.3, -0.25) is 0 Å². The van der Waals surface area contributed by atoms with Gasteiger partial charge in [-0.1, -0.05) is 12.1 Å². The minimum absolute atomic E-state index is 0.0898. The molecule has 0 atom stereocenters. The molecule has 1 aromatic carbocycles. The van der Waals surface area contributed by atoms with E-state index in [9.17, 15) is 14.0 Å². The van der Waals surface area contributed by atoms with Crippen molar-refractivity contribution in [1.29, 1.82) is 0 Å². The van der Waals surface area contributed by atoms with E-state index in [1.165, 1.54) is 6.07 Å². The van der Waals surface area contributed by atoms with Crippen LogP contribution in [0.15, 0.2) is 18.2 Å². The first-order valence-corrected chi connectivity index (χ1v) is 7.68. The average Bonchev–Trinajstić information content (AvgIpc) is 2.45. The first kappa shape index (κ1) is 17.2. The van der Waals surface area contributed by atoms with E-state index < -0.39 is 17.4 Å². The normalized spacial score (nSPS) is 16.3. The quantitative estimate of drug-likeness (QED) is 0.902. The fraction of sp³-hybridized carbons (Fsp3) is 0.529.